The molecule has 2 N–H and O–H groups in total. The summed E-state index contributed by atoms with van der Waals surface area (Å²) in [6.45, 7) is 24.0. The summed E-state index contributed by atoms with van der Waals surface area (Å²) in [5.41, 5.74) is 1.72. The summed E-state index contributed by atoms with van der Waals surface area (Å²) in [5.74, 6) is 8.63. The Morgan fingerprint density at radius 3 is 1.30 bits per heavy atom. The van der Waals surface area contributed by atoms with Crippen LogP contribution in [0.3, 0.4) is 0 Å². The lowest BCUT2D eigenvalue weighted by atomic mass is 9.48. The second-order valence-corrected chi connectivity index (χ2v) is 13.2. The Balaban J connectivity index is 0.000000624. The van der Waals surface area contributed by atoms with Crippen LogP contribution in [0.15, 0.2) is 54.6 Å². The Kier molecular flexibility index (Phi) is 24.9. The van der Waals surface area contributed by atoms with E-state index in [-0.39, 0.29) is 0 Å². The molecule has 0 aliphatic heterocycles. The molecule has 7 aliphatic carbocycles. The van der Waals surface area contributed by atoms with E-state index in [0.29, 0.717) is 16.9 Å². The van der Waals surface area contributed by atoms with Gasteiger partial charge in [-0.25, -0.2) is 0 Å². The van der Waals surface area contributed by atoms with Gasteiger partial charge in [0.15, 0.2) is 0 Å². The van der Waals surface area contributed by atoms with Crippen molar-refractivity contribution >= 4 is 0 Å². The fraction of sp³-hybridized carbons (Fsp3) is 0.733. The number of rotatable bonds is 2. The zero-order valence-electron chi connectivity index (χ0n) is 33.3. The number of hydrogen-bond donors (Lipinski definition) is 2. The highest BCUT2D eigenvalue weighted by atomic mass is 16.3. The van der Waals surface area contributed by atoms with Crippen LogP contribution in [0.2, 0.25) is 0 Å². The smallest absolute Gasteiger partial charge is 0.118 e. The highest BCUT2D eigenvalue weighted by Gasteiger charge is 2.51. The molecule has 7 aliphatic rings. The van der Waals surface area contributed by atoms with Crippen LogP contribution in [0, 0.1) is 46.8 Å². The molecule has 0 amide bonds. The van der Waals surface area contributed by atoms with Gasteiger partial charge in [-0.05, 0) is 148 Å². The molecule has 2 heteroatoms. The molecule has 2 aromatic rings. The van der Waals surface area contributed by atoms with Gasteiger partial charge in [-0.2, -0.15) is 0 Å². The topological polar surface area (TPSA) is 40.5 Å². The lowest BCUT2D eigenvalue weighted by Gasteiger charge is -2.57. The third-order valence-electron chi connectivity index (χ3n) is 10.8. The van der Waals surface area contributed by atoms with Crippen molar-refractivity contribution in [3.8, 4) is 11.5 Å². The minimum Gasteiger partial charge on any atom is -0.508 e. The highest BCUT2D eigenvalue weighted by molar-refractivity contribution is 5.33. The molecule has 4 atom stereocenters. The molecule has 0 aromatic heterocycles. The van der Waals surface area contributed by atoms with E-state index in [1.807, 2.05) is 101 Å². The predicted molar refractivity (Wildman–Crippen MR) is 210 cm³/mol. The van der Waals surface area contributed by atoms with E-state index in [1.165, 1.54) is 67.8 Å². The van der Waals surface area contributed by atoms with Gasteiger partial charge in [0.2, 0.25) is 0 Å². The van der Waals surface area contributed by atoms with Gasteiger partial charge < -0.3 is 10.2 Å². The van der Waals surface area contributed by atoms with Crippen molar-refractivity contribution in [1.82, 2.24) is 0 Å². The van der Waals surface area contributed by atoms with E-state index < -0.39 is 0 Å². The van der Waals surface area contributed by atoms with Crippen LogP contribution >= 0.6 is 0 Å². The lowest BCUT2D eigenvalue weighted by Crippen LogP contribution is -2.47. The van der Waals surface area contributed by atoms with Gasteiger partial charge >= 0.3 is 0 Å². The summed E-state index contributed by atoms with van der Waals surface area (Å²) in [4.78, 5) is 0. The zero-order chi connectivity index (χ0) is 35.8. The maximum absolute atomic E-state index is 10.0. The Bertz CT molecular complexity index is 931. The molecule has 2 nitrogen and oxygen atoms in total. The second-order valence-electron chi connectivity index (χ2n) is 13.2. The van der Waals surface area contributed by atoms with Crippen LogP contribution in [0.25, 0.3) is 0 Å². The molecule has 4 unspecified atom stereocenters. The van der Waals surface area contributed by atoms with E-state index in [2.05, 4.69) is 12.1 Å². The third-order valence-corrected chi connectivity index (χ3v) is 10.8. The average molecular weight is 653 g/mol. The number of benzene rings is 2. The Labute approximate surface area is 294 Å². The maximum atomic E-state index is 10.0. The summed E-state index contributed by atoms with van der Waals surface area (Å²) in [5, 5.41) is 18.6. The first-order valence-electron chi connectivity index (χ1n) is 20.6. The van der Waals surface area contributed by atoms with Crippen molar-refractivity contribution in [2.45, 2.75) is 167 Å². The summed E-state index contributed by atoms with van der Waals surface area (Å²) >= 11 is 0. The summed E-state index contributed by atoms with van der Waals surface area (Å²) in [6.07, 6.45) is 19.4. The van der Waals surface area contributed by atoms with Crippen LogP contribution in [-0.4, -0.2) is 10.2 Å². The van der Waals surface area contributed by atoms with E-state index in [9.17, 15) is 5.11 Å². The van der Waals surface area contributed by atoms with Gasteiger partial charge in [0.1, 0.15) is 11.5 Å². The van der Waals surface area contributed by atoms with E-state index in [1.54, 1.807) is 62.8 Å². The monoisotopic (exact) mass is 653 g/mol. The summed E-state index contributed by atoms with van der Waals surface area (Å²) in [6, 6.07) is 16.7. The highest BCUT2D eigenvalue weighted by Crippen LogP contribution is 2.61. The van der Waals surface area contributed by atoms with Gasteiger partial charge in [-0.3, -0.25) is 0 Å². The van der Waals surface area contributed by atoms with Crippen molar-refractivity contribution in [2.24, 2.45) is 46.8 Å². The first-order valence-corrected chi connectivity index (χ1v) is 20.6. The molecule has 272 valence electrons. The largest absolute Gasteiger partial charge is 0.508 e. The molecule has 7 saturated carbocycles. The van der Waals surface area contributed by atoms with Crippen molar-refractivity contribution in [3.63, 3.8) is 0 Å². The molecule has 0 saturated heterocycles. The number of aromatic hydroxyl groups is 2. The Morgan fingerprint density at radius 1 is 0.511 bits per heavy atom. The molecule has 0 heterocycles. The Hall–Kier alpha value is -1.96. The van der Waals surface area contributed by atoms with Crippen molar-refractivity contribution in [3.05, 3.63) is 60.2 Å². The molecule has 0 spiro atoms. The van der Waals surface area contributed by atoms with Gasteiger partial charge in [0.25, 0.3) is 0 Å². The number of phenols is 2. The van der Waals surface area contributed by atoms with Crippen molar-refractivity contribution < 1.29 is 10.2 Å². The molecule has 9 rings (SSSR count). The number of phenolic OH excluding ortho intramolecular Hbond substituents is 2. The fourth-order valence-corrected chi connectivity index (χ4v) is 10.0. The van der Waals surface area contributed by atoms with Crippen LogP contribution < -0.4 is 0 Å². The normalized spacial score (nSPS) is 30.1. The molecule has 7 fully saturated rings. The minimum atomic E-state index is 0.322. The molecule has 2 aromatic carbocycles. The summed E-state index contributed by atoms with van der Waals surface area (Å²) < 4.78 is 0. The maximum Gasteiger partial charge on any atom is 0.118 e. The van der Waals surface area contributed by atoms with Crippen LogP contribution in [-0.2, 0) is 6.42 Å². The van der Waals surface area contributed by atoms with Crippen molar-refractivity contribution in [2.75, 3.05) is 0 Å². The number of para-hydroxylation sites is 2. The van der Waals surface area contributed by atoms with Gasteiger partial charge in [-0.1, -0.05) is 126 Å². The fourth-order valence-electron chi connectivity index (χ4n) is 10.0. The molecule has 0 radical (unpaired) electrons. The lowest BCUT2D eigenvalue weighted by molar-refractivity contribution is -0.0524. The van der Waals surface area contributed by atoms with Crippen LogP contribution in [0.1, 0.15) is 166 Å². The average Bonchev–Trinajstić information content (AvgIpc) is 3.89. The van der Waals surface area contributed by atoms with Crippen LogP contribution in [0.5, 0.6) is 11.5 Å². The standard InChI is InChI=1S/C17H22O.C10H16.C6H6O.6C2H6/c18-16-4-2-1-3-15(16)11-17-8-12-5-13(9-17)7-14(6-12)10-17;1-2-9-7-4-5-8(6-7)10(9)3-1;7-6-4-2-1-3-5-6;6*1-2/h1-4,12-14,18H,5-11H2;7-10H,1-6H2;1-5,7H;6*1-2H3. The molecular formula is C45H80O2. The summed E-state index contributed by atoms with van der Waals surface area (Å²) in [7, 11) is 0. The van der Waals surface area contributed by atoms with Gasteiger partial charge in [0.05, 0.1) is 0 Å². The van der Waals surface area contributed by atoms with E-state index in [4.69, 9.17) is 5.11 Å². The first-order chi connectivity index (χ1) is 23.1. The third kappa shape index (κ3) is 13.5. The van der Waals surface area contributed by atoms with Crippen molar-refractivity contribution in [1.29, 1.82) is 0 Å². The number of hydrogen-bond acceptors (Lipinski definition) is 2. The molecule has 47 heavy (non-hydrogen) atoms. The molecular weight excluding hydrogens is 572 g/mol. The Morgan fingerprint density at radius 2 is 0.915 bits per heavy atom. The van der Waals surface area contributed by atoms with Gasteiger partial charge in [-0.15, -0.1) is 0 Å². The predicted octanol–water partition coefficient (Wildman–Crippen LogP) is 14.5. The van der Waals surface area contributed by atoms with E-state index in [0.717, 1.165) is 24.2 Å². The van der Waals surface area contributed by atoms with E-state index >= 15 is 0 Å². The molecule has 6 bridgehead atoms. The zero-order valence-corrected chi connectivity index (χ0v) is 33.3. The minimum absolute atomic E-state index is 0.322. The first kappa shape index (κ1) is 45.0. The van der Waals surface area contributed by atoms with Gasteiger partial charge in [0, 0.05) is 0 Å². The quantitative estimate of drug-likeness (QED) is 0.339. The SMILES string of the molecule is C1CC2C3CCC(C3)C2C1.CC.CC.CC.CC.CC.CC.Oc1ccccc1.Oc1ccccc1CC12CC3CC(CC(C3)C1)C2. The van der Waals surface area contributed by atoms with Crippen LogP contribution in [0.4, 0.5) is 0 Å². The number of fused-ring (bicyclic) bond motifs is 5. The second kappa shape index (κ2) is 26.0.